The topological polar surface area (TPSA) is 84.9 Å². The quantitative estimate of drug-likeness (QED) is 0.412. The van der Waals surface area contributed by atoms with Gasteiger partial charge in [0.2, 0.25) is 5.91 Å². The van der Waals surface area contributed by atoms with E-state index >= 15 is 0 Å². The fourth-order valence-corrected chi connectivity index (χ4v) is 7.00. The molecule has 3 aromatic carbocycles. The van der Waals surface area contributed by atoms with Crippen LogP contribution in [-0.4, -0.2) is 43.8 Å². The highest BCUT2D eigenvalue weighted by Gasteiger charge is 2.71. The van der Waals surface area contributed by atoms with Crippen LogP contribution in [0.3, 0.4) is 0 Å². The highest BCUT2D eigenvalue weighted by atomic mass is 16.5. The van der Waals surface area contributed by atoms with E-state index < -0.39 is 28.8 Å². The van der Waals surface area contributed by atoms with E-state index in [0.717, 1.165) is 22.4 Å². The lowest BCUT2D eigenvalue weighted by Crippen LogP contribution is -2.51. The SMILES string of the molecule is COc1ccc(C(=O)[C@@H]2[C@H](C(=O)C(C)(C)C)N3c4ccccc4C(C)=C[C@H]3[C@]23C(=O)Nc2ccccc23)cc1OC. The number of rotatable bonds is 5. The lowest BCUT2D eigenvalue weighted by Gasteiger charge is -2.39. The van der Waals surface area contributed by atoms with Crippen molar-refractivity contribution in [2.75, 3.05) is 24.4 Å². The molecule has 210 valence electrons. The van der Waals surface area contributed by atoms with Crippen LogP contribution in [0.4, 0.5) is 11.4 Å². The first kappa shape index (κ1) is 26.8. The molecule has 0 aliphatic carbocycles. The number of carbonyl (C=O) groups is 3. The molecule has 1 N–H and O–H groups in total. The third-order valence-corrected chi connectivity index (χ3v) is 8.84. The van der Waals surface area contributed by atoms with Crippen molar-refractivity contribution >= 4 is 34.4 Å². The maximum Gasteiger partial charge on any atom is 0.238 e. The van der Waals surface area contributed by atoms with Gasteiger partial charge in [-0.1, -0.05) is 63.2 Å². The molecule has 7 heteroatoms. The van der Waals surface area contributed by atoms with E-state index in [0.29, 0.717) is 22.7 Å². The van der Waals surface area contributed by atoms with Gasteiger partial charge in [0.25, 0.3) is 0 Å². The summed E-state index contributed by atoms with van der Waals surface area (Å²) in [7, 11) is 3.05. The standard InChI is InChI=1S/C34H34N2O5/c1-19-17-27-34(22-12-8-9-13-23(22)35-32(34)39)28(30(37)20-15-16-25(40-5)26(18-20)41-6)29(31(38)33(2,3)4)36(27)24-14-10-7-11-21(19)24/h7-18,27-29H,1-6H3,(H,35,39)/t27-,28-,29+,34-/m0/s1. The molecule has 0 bridgehead atoms. The summed E-state index contributed by atoms with van der Waals surface area (Å²) in [6, 6.07) is 19.0. The van der Waals surface area contributed by atoms with Gasteiger partial charge in [-0.2, -0.15) is 0 Å². The summed E-state index contributed by atoms with van der Waals surface area (Å²) < 4.78 is 10.9. The van der Waals surface area contributed by atoms with Gasteiger partial charge in [0.05, 0.1) is 26.2 Å². The predicted octanol–water partition coefficient (Wildman–Crippen LogP) is 5.68. The second-order valence-corrected chi connectivity index (χ2v) is 12.1. The number of benzene rings is 3. The van der Waals surface area contributed by atoms with Gasteiger partial charge >= 0.3 is 0 Å². The molecule has 4 atom stereocenters. The first-order valence-electron chi connectivity index (χ1n) is 13.8. The second kappa shape index (κ2) is 9.33. The number of ether oxygens (including phenoxy) is 2. The number of methoxy groups -OCH3 is 2. The van der Waals surface area contributed by atoms with Crippen molar-refractivity contribution in [2.24, 2.45) is 11.3 Å². The van der Waals surface area contributed by atoms with Gasteiger partial charge in [0.15, 0.2) is 23.1 Å². The summed E-state index contributed by atoms with van der Waals surface area (Å²) in [5, 5.41) is 3.07. The molecule has 1 saturated heterocycles. The van der Waals surface area contributed by atoms with Crippen molar-refractivity contribution in [3.8, 4) is 11.5 Å². The Morgan fingerprint density at radius 1 is 0.927 bits per heavy atom. The van der Waals surface area contributed by atoms with Gasteiger partial charge in [-0.3, -0.25) is 14.4 Å². The summed E-state index contributed by atoms with van der Waals surface area (Å²) in [6.07, 6.45) is 2.06. The normalized spacial score (nSPS) is 24.2. The molecule has 41 heavy (non-hydrogen) atoms. The lowest BCUT2D eigenvalue weighted by atomic mass is 9.63. The minimum absolute atomic E-state index is 0.0989. The van der Waals surface area contributed by atoms with Crippen LogP contribution in [0.5, 0.6) is 11.5 Å². The van der Waals surface area contributed by atoms with E-state index in [1.165, 1.54) is 14.2 Å². The molecular weight excluding hydrogens is 516 g/mol. The molecule has 1 spiro atoms. The van der Waals surface area contributed by atoms with Gasteiger partial charge < -0.3 is 19.7 Å². The fourth-order valence-electron chi connectivity index (χ4n) is 7.00. The number of anilines is 2. The van der Waals surface area contributed by atoms with Gasteiger partial charge in [-0.25, -0.2) is 0 Å². The summed E-state index contributed by atoms with van der Waals surface area (Å²) in [6.45, 7) is 7.62. The van der Waals surface area contributed by atoms with Crippen LogP contribution in [0.25, 0.3) is 5.57 Å². The number of hydrogen-bond donors (Lipinski definition) is 1. The van der Waals surface area contributed by atoms with E-state index in [9.17, 15) is 14.4 Å². The molecule has 3 aliphatic rings. The Hall–Kier alpha value is -4.39. The first-order valence-corrected chi connectivity index (χ1v) is 13.8. The third kappa shape index (κ3) is 3.68. The van der Waals surface area contributed by atoms with E-state index in [2.05, 4.69) is 11.4 Å². The van der Waals surface area contributed by atoms with Crippen molar-refractivity contribution < 1.29 is 23.9 Å². The third-order valence-electron chi connectivity index (χ3n) is 8.84. The smallest absolute Gasteiger partial charge is 0.238 e. The minimum atomic E-state index is -1.35. The number of nitrogens with zero attached hydrogens (tertiary/aromatic N) is 1. The van der Waals surface area contributed by atoms with E-state index in [1.807, 2.05) is 81.1 Å². The number of carbonyl (C=O) groups excluding carboxylic acids is 3. The fraction of sp³-hybridized carbons (Fsp3) is 0.324. The first-order chi connectivity index (χ1) is 19.5. The lowest BCUT2D eigenvalue weighted by molar-refractivity contribution is -0.128. The number of amides is 1. The Labute approximate surface area is 240 Å². The maximum atomic E-state index is 14.9. The minimum Gasteiger partial charge on any atom is -0.493 e. The Bertz CT molecular complexity index is 1630. The molecule has 1 amide bonds. The summed E-state index contributed by atoms with van der Waals surface area (Å²) in [4.78, 5) is 46.0. The molecule has 0 aromatic heterocycles. The van der Waals surface area contributed by atoms with E-state index in [4.69, 9.17) is 9.47 Å². The molecule has 7 nitrogen and oxygen atoms in total. The number of para-hydroxylation sites is 2. The average molecular weight is 551 g/mol. The van der Waals surface area contributed by atoms with Crippen LogP contribution in [0, 0.1) is 11.3 Å². The zero-order valence-corrected chi connectivity index (χ0v) is 24.1. The van der Waals surface area contributed by atoms with Gasteiger partial charge in [-0.05, 0) is 48.4 Å². The van der Waals surface area contributed by atoms with Crippen molar-refractivity contribution in [1.29, 1.82) is 0 Å². The molecule has 3 aliphatic heterocycles. The molecule has 6 rings (SSSR count). The average Bonchev–Trinajstić information content (AvgIpc) is 3.43. The van der Waals surface area contributed by atoms with Crippen LogP contribution in [0.1, 0.15) is 49.2 Å². The Balaban J connectivity index is 1.68. The molecule has 3 aromatic rings. The Morgan fingerprint density at radius 2 is 1.61 bits per heavy atom. The van der Waals surface area contributed by atoms with Crippen molar-refractivity contribution in [1.82, 2.24) is 0 Å². The second-order valence-electron chi connectivity index (χ2n) is 12.1. The van der Waals surface area contributed by atoms with Gasteiger partial charge in [0.1, 0.15) is 11.5 Å². The zero-order chi connectivity index (χ0) is 29.3. The van der Waals surface area contributed by atoms with Crippen molar-refractivity contribution in [3.05, 3.63) is 89.5 Å². The van der Waals surface area contributed by atoms with Crippen LogP contribution < -0.4 is 19.7 Å². The molecule has 1 fully saturated rings. The van der Waals surface area contributed by atoms with Crippen LogP contribution >= 0.6 is 0 Å². The van der Waals surface area contributed by atoms with E-state index in [1.54, 1.807) is 18.2 Å². The zero-order valence-electron chi connectivity index (χ0n) is 24.1. The van der Waals surface area contributed by atoms with Crippen LogP contribution in [-0.2, 0) is 15.0 Å². The molecular formula is C34H34N2O5. The summed E-state index contributed by atoms with van der Waals surface area (Å²) >= 11 is 0. The molecule has 0 radical (unpaired) electrons. The number of nitrogens with one attached hydrogen (secondary N) is 1. The van der Waals surface area contributed by atoms with Crippen LogP contribution in [0.15, 0.2) is 72.8 Å². The highest BCUT2D eigenvalue weighted by molar-refractivity contribution is 6.17. The predicted molar refractivity (Wildman–Crippen MR) is 159 cm³/mol. The number of fused-ring (bicyclic) bond motifs is 6. The monoisotopic (exact) mass is 550 g/mol. The highest BCUT2D eigenvalue weighted by Crippen LogP contribution is 2.59. The molecule has 0 saturated carbocycles. The van der Waals surface area contributed by atoms with Gasteiger partial charge in [0, 0.05) is 27.9 Å². The molecule has 3 heterocycles. The number of allylic oxidation sites excluding steroid dienone is 1. The number of hydrogen-bond acceptors (Lipinski definition) is 6. The number of ketones is 2. The van der Waals surface area contributed by atoms with E-state index in [-0.39, 0.29) is 17.5 Å². The Kier molecular flexibility index (Phi) is 6.10. The maximum absolute atomic E-state index is 14.9. The van der Waals surface area contributed by atoms with Crippen LogP contribution in [0.2, 0.25) is 0 Å². The summed E-state index contributed by atoms with van der Waals surface area (Å²) in [5.74, 6) is -0.798. The van der Waals surface area contributed by atoms with Gasteiger partial charge in [-0.15, -0.1) is 0 Å². The molecule has 0 unspecified atom stereocenters. The Morgan fingerprint density at radius 3 is 2.32 bits per heavy atom. The number of Topliss-reactive ketones (excluding diaryl/α,β-unsaturated/α-hetero) is 2. The van der Waals surface area contributed by atoms with Crippen molar-refractivity contribution in [2.45, 2.75) is 45.2 Å². The van der Waals surface area contributed by atoms with Crippen molar-refractivity contribution in [3.63, 3.8) is 0 Å². The summed E-state index contributed by atoms with van der Waals surface area (Å²) in [5.41, 5.74) is 2.44. The largest absolute Gasteiger partial charge is 0.493 e.